The number of ether oxygens (including phenoxy) is 1. The highest BCUT2D eigenvalue weighted by Crippen LogP contribution is 2.27. The number of anilines is 1. The number of nitrogens with one attached hydrogen (secondary N) is 1. The van der Waals surface area contributed by atoms with Gasteiger partial charge in [0.2, 0.25) is 0 Å². The minimum atomic E-state index is -1.21. The SMILES string of the molecule is COCC(CCO)Nc1ccc(C(=O)O)c(Br)c1F. The van der Waals surface area contributed by atoms with E-state index in [9.17, 15) is 9.18 Å². The third kappa shape index (κ3) is 4.15. The lowest BCUT2D eigenvalue weighted by molar-refractivity contribution is 0.0695. The zero-order chi connectivity index (χ0) is 14.4. The molecule has 0 fully saturated rings. The molecule has 1 aromatic carbocycles. The highest BCUT2D eigenvalue weighted by atomic mass is 79.9. The van der Waals surface area contributed by atoms with Crippen molar-refractivity contribution in [2.24, 2.45) is 0 Å². The average Bonchev–Trinajstić information content (AvgIpc) is 2.35. The lowest BCUT2D eigenvalue weighted by atomic mass is 10.1. The van der Waals surface area contributed by atoms with Crippen LogP contribution in [-0.2, 0) is 4.74 Å². The number of carboxylic acids is 1. The number of aromatic carboxylic acids is 1. The van der Waals surface area contributed by atoms with Crippen LogP contribution in [0.1, 0.15) is 16.8 Å². The first-order chi connectivity index (χ1) is 9.01. The molecule has 0 aliphatic carbocycles. The fourth-order valence-electron chi connectivity index (χ4n) is 1.60. The molecule has 0 spiro atoms. The Bertz CT molecular complexity index is 450. The van der Waals surface area contributed by atoms with Crippen molar-refractivity contribution >= 4 is 27.6 Å². The smallest absolute Gasteiger partial charge is 0.336 e. The predicted octanol–water partition coefficient (Wildman–Crippen LogP) is 2.10. The second kappa shape index (κ2) is 7.42. The van der Waals surface area contributed by atoms with Crippen molar-refractivity contribution < 1.29 is 24.1 Å². The first-order valence-corrected chi connectivity index (χ1v) is 6.38. The van der Waals surface area contributed by atoms with Crippen molar-refractivity contribution in [2.75, 3.05) is 25.6 Å². The second-order valence-electron chi connectivity index (χ2n) is 3.90. The molecule has 0 amide bonds. The molecule has 0 aliphatic heterocycles. The van der Waals surface area contributed by atoms with Crippen LogP contribution in [0.25, 0.3) is 0 Å². The van der Waals surface area contributed by atoms with Crippen LogP contribution in [0.4, 0.5) is 10.1 Å². The van der Waals surface area contributed by atoms with Gasteiger partial charge in [-0.2, -0.15) is 0 Å². The molecule has 0 heterocycles. The van der Waals surface area contributed by atoms with E-state index >= 15 is 0 Å². The number of aliphatic hydroxyl groups is 1. The average molecular weight is 336 g/mol. The monoisotopic (exact) mass is 335 g/mol. The highest BCUT2D eigenvalue weighted by Gasteiger charge is 2.17. The minimum Gasteiger partial charge on any atom is -0.478 e. The van der Waals surface area contributed by atoms with Gasteiger partial charge in [-0.15, -0.1) is 0 Å². The molecule has 0 radical (unpaired) electrons. The van der Waals surface area contributed by atoms with E-state index in [1.165, 1.54) is 19.2 Å². The van der Waals surface area contributed by atoms with Gasteiger partial charge in [0.05, 0.1) is 28.4 Å². The number of benzene rings is 1. The Kier molecular flexibility index (Phi) is 6.20. The molecule has 5 nitrogen and oxygen atoms in total. The quantitative estimate of drug-likeness (QED) is 0.711. The molecule has 1 rings (SSSR count). The van der Waals surface area contributed by atoms with Crippen LogP contribution in [0.15, 0.2) is 16.6 Å². The Hall–Kier alpha value is -1.18. The van der Waals surface area contributed by atoms with Crippen LogP contribution in [0.3, 0.4) is 0 Å². The van der Waals surface area contributed by atoms with Gasteiger partial charge in [-0.05, 0) is 34.5 Å². The molecule has 19 heavy (non-hydrogen) atoms. The van der Waals surface area contributed by atoms with Crippen molar-refractivity contribution in [1.29, 1.82) is 0 Å². The Morgan fingerprint density at radius 3 is 2.79 bits per heavy atom. The summed E-state index contributed by atoms with van der Waals surface area (Å²) in [5.41, 5.74) is 0.0147. The summed E-state index contributed by atoms with van der Waals surface area (Å²) in [5.74, 6) is -1.89. The Balaban J connectivity index is 2.95. The van der Waals surface area contributed by atoms with Gasteiger partial charge in [0.1, 0.15) is 0 Å². The molecular weight excluding hydrogens is 321 g/mol. The van der Waals surface area contributed by atoms with Gasteiger partial charge in [-0.25, -0.2) is 9.18 Å². The molecular formula is C12H15BrFNO4. The molecule has 1 aromatic rings. The van der Waals surface area contributed by atoms with E-state index in [1.807, 2.05) is 0 Å². The summed E-state index contributed by atoms with van der Waals surface area (Å²) in [5, 5.41) is 20.6. The van der Waals surface area contributed by atoms with Gasteiger partial charge in [-0.1, -0.05) is 0 Å². The third-order valence-electron chi connectivity index (χ3n) is 2.52. The number of halogens is 2. The van der Waals surface area contributed by atoms with Gasteiger partial charge in [0, 0.05) is 13.7 Å². The Morgan fingerprint density at radius 1 is 1.58 bits per heavy atom. The fourth-order valence-corrected chi connectivity index (χ4v) is 2.12. The van der Waals surface area contributed by atoms with Crippen molar-refractivity contribution in [2.45, 2.75) is 12.5 Å². The largest absolute Gasteiger partial charge is 0.478 e. The molecule has 0 saturated heterocycles. The van der Waals surface area contributed by atoms with Crippen LogP contribution < -0.4 is 5.32 Å². The van der Waals surface area contributed by atoms with Gasteiger partial charge in [0.15, 0.2) is 5.82 Å². The number of methoxy groups -OCH3 is 1. The molecule has 3 N–H and O–H groups in total. The van der Waals surface area contributed by atoms with E-state index in [4.69, 9.17) is 14.9 Å². The van der Waals surface area contributed by atoms with Gasteiger partial charge in [-0.3, -0.25) is 0 Å². The maximum absolute atomic E-state index is 14.0. The maximum atomic E-state index is 14.0. The lowest BCUT2D eigenvalue weighted by Crippen LogP contribution is -2.26. The Morgan fingerprint density at radius 2 is 2.26 bits per heavy atom. The van der Waals surface area contributed by atoms with Gasteiger partial charge < -0.3 is 20.3 Å². The second-order valence-corrected chi connectivity index (χ2v) is 4.70. The van der Waals surface area contributed by atoms with Crippen molar-refractivity contribution in [1.82, 2.24) is 0 Å². The molecule has 0 saturated carbocycles. The number of carboxylic acid groups (broad SMARTS) is 1. The molecule has 1 unspecified atom stereocenters. The fraction of sp³-hybridized carbons (Fsp3) is 0.417. The lowest BCUT2D eigenvalue weighted by Gasteiger charge is -2.19. The van der Waals surface area contributed by atoms with Crippen LogP contribution in [0, 0.1) is 5.82 Å². The number of hydrogen-bond donors (Lipinski definition) is 3. The number of aliphatic hydroxyl groups excluding tert-OH is 1. The molecule has 0 aliphatic rings. The van der Waals surface area contributed by atoms with Gasteiger partial charge >= 0.3 is 5.97 Å². The van der Waals surface area contributed by atoms with Crippen LogP contribution in [-0.4, -0.2) is 42.5 Å². The van der Waals surface area contributed by atoms with Crippen LogP contribution >= 0.6 is 15.9 Å². The topological polar surface area (TPSA) is 78.8 Å². The van der Waals surface area contributed by atoms with Crippen molar-refractivity contribution in [3.8, 4) is 0 Å². The Labute approximate surface area is 118 Å². The first-order valence-electron chi connectivity index (χ1n) is 5.58. The first kappa shape index (κ1) is 15.9. The number of rotatable bonds is 7. The number of carbonyl (C=O) groups is 1. The summed E-state index contributed by atoms with van der Waals surface area (Å²) in [6, 6.07) is 2.40. The third-order valence-corrected chi connectivity index (χ3v) is 3.29. The molecule has 0 bridgehead atoms. The molecule has 106 valence electrons. The van der Waals surface area contributed by atoms with E-state index in [-0.39, 0.29) is 28.4 Å². The summed E-state index contributed by atoms with van der Waals surface area (Å²) < 4.78 is 18.8. The van der Waals surface area contributed by atoms with Crippen molar-refractivity contribution in [3.05, 3.63) is 28.0 Å². The van der Waals surface area contributed by atoms with Crippen LogP contribution in [0.2, 0.25) is 0 Å². The normalized spacial score (nSPS) is 12.2. The summed E-state index contributed by atoms with van der Waals surface area (Å²) >= 11 is 2.92. The van der Waals surface area contributed by atoms with Crippen LogP contribution in [0.5, 0.6) is 0 Å². The van der Waals surface area contributed by atoms with Crippen molar-refractivity contribution in [3.63, 3.8) is 0 Å². The highest BCUT2D eigenvalue weighted by molar-refractivity contribution is 9.10. The van der Waals surface area contributed by atoms with E-state index < -0.39 is 11.8 Å². The maximum Gasteiger partial charge on any atom is 0.336 e. The zero-order valence-electron chi connectivity index (χ0n) is 10.3. The van der Waals surface area contributed by atoms with E-state index in [0.717, 1.165) is 0 Å². The predicted molar refractivity (Wildman–Crippen MR) is 72.0 cm³/mol. The zero-order valence-corrected chi connectivity index (χ0v) is 11.9. The summed E-state index contributed by atoms with van der Waals surface area (Å²) in [4.78, 5) is 10.8. The molecule has 7 heteroatoms. The van der Waals surface area contributed by atoms with Gasteiger partial charge in [0.25, 0.3) is 0 Å². The molecule has 0 aromatic heterocycles. The number of hydrogen-bond acceptors (Lipinski definition) is 4. The standard InChI is InChI=1S/C12H15BrFNO4/c1-19-6-7(4-5-16)15-9-3-2-8(12(17)18)10(13)11(9)14/h2-3,7,15-16H,4-6H2,1H3,(H,17,18). The minimum absolute atomic E-state index is 0.0585. The van der Waals surface area contributed by atoms with E-state index in [1.54, 1.807) is 0 Å². The van der Waals surface area contributed by atoms with E-state index in [0.29, 0.717) is 13.0 Å². The molecule has 1 atom stereocenters. The summed E-state index contributed by atoms with van der Waals surface area (Å²) in [6.07, 6.45) is 0.394. The summed E-state index contributed by atoms with van der Waals surface area (Å²) in [7, 11) is 1.51. The van der Waals surface area contributed by atoms with E-state index in [2.05, 4.69) is 21.2 Å². The summed E-state index contributed by atoms with van der Waals surface area (Å²) in [6.45, 7) is 0.245.